The number of hydrogen-bond donors (Lipinski definition) is 0. The van der Waals surface area contributed by atoms with E-state index in [0.717, 1.165) is 17.8 Å². The van der Waals surface area contributed by atoms with Gasteiger partial charge < -0.3 is 9.47 Å². The summed E-state index contributed by atoms with van der Waals surface area (Å²) >= 11 is 0. The lowest BCUT2D eigenvalue weighted by molar-refractivity contribution is 0.350. The highest BCUT2D eigenvalue weighted by Crippen LogP contribution is 2.78. The molecule has 7 aromatic rings. The van der Waals surface area contributed by atoms with Crippen LogP contribution in [0.2, 0.25) is 0 Å². The van der Waals surface area contributed by atoms with Gasteiger partial charge in [-0.25, -0.2) is 0 Å². The van der Waals surface area contributed by atoms with E-state index < -0.39 is 0 Å². The van der Waals surface area contributed by atoms with Crippen LogP contribution in [0, 0.1) is 17.8 Å². The number of fused-ring (bicyclic) bond motifs is 7. The molecule has 0 radical (unpaired) electrons. The van der Waals surface area contributed by atoms with Crippen molar-refractivity contribution in [1.82, 2.24) is 4.57 Å². The van der Waals surface area contributed by atoms with Gasteiger partial charge in [-0.05, 0) is 114 Å². The maximum absolute atomic E-state index is 2.55. The Kier molecular flexibility index (Phi) is 5.52. The lowest BCUT2D eigenvalue weighted by Crippen LogP contribution is -2.31. The predicted octanol–water partition coefficient (Wildman–Crippen LogP) is 11.6. The molecule has 3 aliphatic carbocycles. The molecule has 0 N–H and O–H groups in total. The molecule has 0 aliphatic heterocycles. The van der Waals surface area contributed by atoms with Crippen molar-refractivity contribution in [3.8, 4) is 16.8 Å². The van der Waals surface area contributed by atoms with Gasteiger partial charge in [0.2, 0.25) is 0 Å². The quantitative estimate of drug-likeness (QED) is 0.179. The van der Waals surface area contributed by atoms with E-state index in [1.807, 2.05) is 0 Å². The molecule has 0 saturated heterocycles. The van der Waals surface area contributed by atoms with Gasteiger partial charge in [0.15, 0.2) is 0 Å². The van der Waals surface area contributed by atoms with Crippen LogP contribution in [-0.2, 0) is 5.41 Å². The molecule has 0 bridgehead atoms. The van der Waals surface area contributed by atoms with Crippen molar-refractivity contribution in [2.45, 2.75) is 31.6 Å². The maximum atomic E-state index is 2.55. The van der Waals surface area contributed by atoms with Gasteiger partial charge >= 0.3 is 0 Å². The van der Waals surface area contributed by atoms with Crippen LogP contribution in [0.3, 0.4) is 0 Å². The van der Waals surface area contributed by atoms with Gasteiger partial charge in [-0.3, -0.25) is 0 Å². The minimum Gasteiger partial charge on any atom is -0.310 e. The maximum Gasteiger partial charge on any atom is 0.0541 e. The summed E-state index contributed by atoms with van der Waals surface area (Å²) in [6.45, 7) is 2.37. The Labute approximate surface area is 270 Å². The zero-order valence-corrected chi connectivity index (χ0v) is 26.1. The summed E-state index contributed by atoms with van der Waals surface area (Å²) in [7, 11) is 0. The third-order valence-electron chi connectivity index (χ3n) is 11.3. The molecule has 3 unspecified atom stereocenters. The molecule has 3 atom stereocenters. The number of anilines is 3. The van der Waals surface area contributed by atoms with E-state index >= 15 is 0 Å². The van der Waals surface area contributed by atoms with E-state index in [1.54, 1.807) is 11.1 Å². The predicted molar refractivity (Wildman–Crippen MR) is 192 cm³/mol. The molecule has 2 saturated carbocycles. The number of aromatic nitrogens is 1. The Morgan fingerprint density at radius 3 is 1.85 bits per heavy atom. The third-order valence-corrected chi connectivity index (χ3v) is 11.3. The zero-order chi connectivity index (χ0) is 30.4. The van der Waals surface area contributed by atoms with Crippen LogP contribution in [0.25, 0.3) is 38.6 Å². The summed E-state index contributed by atoms with van der Waals surface area (Å²) in [6, 6.07) is 54.1. The molecule has 2 fully saturated rings. The lowest BCUT2D eigenvalue weighted by atomic mass is 9.68. The van der Waals surface area contributed by atoms with E-state index in [-0.39, 0.29) is 5.41 Å². The topological polar surface area (TPSA) is 8.17 Å². The number of nitrogens with zero attached hydrogens (tertiary/aromatic N) is 2. The van der Waals surface area contributed by atoms with Crippen LogP contribution in [-0.4, -0.2) is 4.57 Å². The summed E-state index contributed by atoms with van der Waals surface area (Å²) in [6.07, 6.45) is 3.85. The average molecular weight is 593 g/mol. The summed E-state index contributed by atoms with van der Waals surface area (Å²) < 4.78 is 2.40. The molecular formula is C44H36N2. The third kappa shape index (κ3) is 3.59. The Morgan fingerprint density at radius 1 is 0.587 bits per heavy atom. The van der Waals surface area contributed by atoms with Crippen molar-refractivity contribution in [2.75, 3.05) is 4.90 Å². The van der Waals surface area contributed by atoms with Crippen LogP contribution >= 0.6 is 0 Å². The first-order valence-electron chi connectivity index (χ1n) is 17.0. The number of para-hydroxylation sites is 3. The highest BCUT2D eigenvalue weighted by Gasteiger charge is 2.72. The summed E-state index contributed by atoms with van der Waals surface area (Å²) in [5.74, 6) is 2.64. The molecule has 10 rings (SSSR count). The van der Waals surface area contributed by atoms with Crippen LogP contribution in [0.15, 0.2) is 146 Å². The van der Waals surface area contributed by atoms with Crippen LogP contribution in [0.5, 0.6) is 0 Å². The van der Waals surface area contributed by atoms with Gasteiger partial charge in [0, 0.05) is 38.9 Å². The van der Waals surface area contributed by atoms with Crippen LogP contribution in [0.4, 0.5) is 17.1 Å². The van der Waals surface area contributed by atoms with Gasteiger partial charge in [0.1, 0.15) is 0 Å². The monoisotopic (exact) mass is 592 g/mol. The van der Waals surface area contributed by atoms with Crippen molar-refractivity contribution in [3.63, 3.8) is 0 Å². The second-order valence-corrected chi connectivity index (χ2v) is 13.6. The molecule has 2 nitrogen and oxygen atoms in total. The van der Waals surface area contributed by atoms with Gasteiger partial charge in [-0.15, -0.1) is 0 Å². The second kappa shape index (κ2) is 9.71. The van der Waals surface area contributed by atoms with Crippen molar-refractivity contribution in [1.29, 1.82) is 0 Å². The number of hydrogen-bond acceptors (Lipinski definition) is 1. The molecule has 0 spiro atoms. The first kappa shape index (κ1) is 26.2. The smallest absolute Gasteiger partial charge is 0.0541 e. The molecule has 46 heavy (non-hydrogen) atoms. The molecule has 1 heterocycles. The van der Waals surface area contributed by atoms with Gasteiger partial charge in [-0.2, -0.15) is 0 Å². The van der Waals surface area contributed by atoms with Crippen LogP contribution in [0.1, 0.15) is 37.3 Å². The Hall–Kier alpha value is -5.08. The van der Waals surface area contributed by atoms with Crippen molar-refractivity contribution in [3.05, 3.63) is 157 Å². The standard InChI is InChI=1S/C44H36N2/c1-2-26-44(43-37-28-38(37)43)39-17-9-6-14-33(39)34-25-24-32(27-40(34)44)45(29-12-4-3-5-13-29)30-20-22-31(23-21-30)46-41-18-10-7-15-35(41)36-16-8-11-19-42(36)46/h3-25,27,37-38,43H,2,26,28H2,1H3. The molecule has 0 amide bonds. The first-order valence-corrected chi connectivity index (χ1v) is 17.0. The van der Waals surface area contributed by atoms with E-state index in [9.17, 15) is 0 Å². The summed E-state index contributed by atoms with van der Waals surface area (Å²) in [5, 5.41) is 2.58. The van der Waals surface area contributed by atoms with Crippen molar-refractivity contribution in [2.24, 2.45) is 17.8 Å². The van der Waals surface area contributed by atoms with Gasteiger partial charge in [0.25, 0.3) is 0 Å². The summed E-state index contributed by atoms with van der Waals surface area (Å²) in [4.78, 5) is 2.45. The molecule has 3 aliphatic rings. The van der Waals surface area contributed by atoms with Gasteiger partial charge in [0.05, 0.1) is 11.0 Å². The lowest BCUT2D eigenvalue weighted by Gasteiger charge is -2.36. The highest BCUT2D eigenvalue weighted by molar-refractivity contribution is 6.09. The summed E-state index contributed by atoms with van der Waals surface area (Å²) in [5.41, 5.74) is 13.4. The molecule has 1 aromatic heterocycles. The minimum atomic E-state index is 0.132. The fourth-order valence-electron chi connectivity index (χ4n) is 9.20. The Bertz CT molecular complexity index is 2220. The fraction of sp³-hybridized carbons (Fsp3) is 0.182. The first-order chi connectivity index (χ1) is 22.8. The SMILES string of the molecule is CCCC1(C2C3CC32)c2ccccc2-c2ccc(N(c3ccccc3)c3ccc(-n4c5ccccc5c5ccccc54)cc3)cc21. The van der Waals surface area contributed by atoms with E-state index in [1.165, 1.54) is 74.9 Å². The van der Waals surface area contributed by atoms with Crippen LogP contribution < -0.4 is 4.90 Å². The highest BCUT2D eigenvalue weighted by atomic mass is 15.1. The average Bonchev–Trinajstić information content (AvgIpc) is 4.00. The Morgan fingerprint density at radius 2 is 1.17 bits per heavy atom. The number of benzene rings is 6. The zero-order valence-electron chi connectivity index (χ0n) is 26.1. The van der Waals surface area contributed by atoms with Crippen molar-refractivity contribution < 1.29 is 0 Å². The van der Waals surface area contributed by atoms with E-state index in [0.29, 0.717) is 0 Å². The molecule has 222 valence electrons. The Balaban J connectivity index is 1.12. The normalized spacial score (nSPS) is 22.0. The van der Waals surface area contributed by atoms with E-state index in [4.69, 9.17) is 0 Å². The second-order valence-electron chi connectivity index (χ2n) is 13.6. The minimum absolute atomic E-state index is 0.132. The fourth-order valence-corrected chi connectivity index (χ4v) is 9.20. The van der Waals surface area contributed by atoms with Crippen molar-refractivity contribution >= 4 is 38.9 Å². The molecule has 6 aromatic carbocycles. The number of rotatable bonds is 7. The molecular weight excluding hydrogens is 556 g/mol. The molecule has 2 heteroatoms. The van der Waals surface area contributed by atoms with Gasteiger partial charge in [-0.1, -0.05) is 98.3 Å². The largest absolute Gasteiger partial charge is 0.310 e. The van der Waals surface area contributed by atoms with E-state index in [2.05, 4.69) is 162 Å².